The fraction of sp³-hybridized carbons (Fsp3) is 0.462. The van der Waals surface area contributed by atoms with Crippen molar-refractivity contribution in [3.8, 4) is 11.4 Å². The SMILES string of the molecule is Cc1c(N)cc(-c2nnnn2C2CCOCC2)cc1F. The zero-order valence-corrected chi connectivity index (χ0v) is 11.2. The highest BCUT2D eigenvalue weighted by Crippen LogP contribution is 2.28. The first-order valence-corrected chi connectivity index (χ1v) is 6.58. The van der Waals surface area contributed by atoms with Gasteiger partial charge < -0.3 is 10.5 Å². The fourth-order valence-electron chi connectivity index (χ4n) is 2.39. The van der Waals surface area contributed by atoms with E-state index in [0.717, 1.165) is 12.8 Å². The predicted molar refractivity (Wildman–Crippen MR) is 71.5 cm³/mol. The number of ether oxygens (including phenoxy) is 1. The fourth-order valence-corrected chi connectivity index (χ4v) is 2.39. The van der Waals surface area contributed by atoms with E-state index in [2.05, 4.69) is 15.5 Å². The summed E-state index contributed by atoms with van der Waals surface area (Å²) >= 11 is 0. The topological polar surface area (TPSA) is 78.9 Å². The van der Waals surface area contributed by atoms with Gasteiger partial charge >= 0.3 is 0 Å². The second-order valence-corrected chi connectivity index (χ2v) is 4.96. The second kappa shape index (κ2) is 5.16. The van der Waals surface area contributed by atoms with Crippen molar-refractivity contribution >= 4 is 5.69 Å². The lowest BCUT2D eigenvalue weighted by Gasteiger charge is -2.22. The Hall–Kier alpha value is -2.02. The summed E-state index contributed by atoms with van der Waals surface area (Å²) < 4.78 is 20.9. The number of nitrogens with two attached hydrogens (primary N) is 1. The molecule has 6 nitrogen and oxygen atoms in total. The number of nitrogens with zero attached hydrogens (tertiary/aromatic N) is 4. The lowest BCUT2D eigenvalue weighted by atomic mass is 10.1. The largest absolute Gasteiger partial charge is 0.398 e. The number of hydrogen-bond acceptors (Lipinski definition) is 5. The molecule has 0 unspecified atom stereocenters. The van der Waals surface area contributed by atoms with E-state index in [4.69, 9.17) is 10.5 Å². The first-order valence-electron chi connectivity index (χ1n) is 6.58. The summed E-state index contributed by atoms with van der Waals surface area (Å²) in [6.07, 6.45) is 1.70. The van der Waals surface area contributed by atoms with Gasteiger partial charge in [0.1, 0.15) is 5.82 Å². The Balaban J connectivity index is 2.00. The number of aromatic nitrogens is 4. The molecule has 0 aliphatic carbocycles. The maximum atomic E-state index is 13.8. The second-order valence-electron chi connectivity index (χ2n) is 4.96. The molecule has 1 aliphatic rings. The molecule has 20 heavy (non-hydrogen) atoms. The van der Waals surface area contributed by atoms with E-state index in [1.54, 1.807) is 17.7 Å². The first kappa shape index (κ1) is 13.0. The van der Waals surface area contributed by atoms with Crippen LogP contribution >= 0.6 is 0 Å². The van der Waals surface area contributed by atoms with Gasteiger partial charge in [0.25, 0.3) is 0 Å². The number of tetrazole rings is 1. The van der Waals surface area contributed by atoms with Gasteiger partial charge in [0.05, 0.1) is 6.04 Å². The Morgan fingerprint density at radius 1 is 1.35 bits per heavy atom. The van der Waals surface area contributed by atoms with Crippen LogP contribution in [0.25, 0.3) is 11.4 Å². The van der Waals surface area contributed by atoms with Crippen molar-refractivity contribution in [2.45, 2.75) is 25.8 Å². The number of nitrogen functional groups attached to an aromatic ring is 1. The van der Waals surface area contributed by atoms with Crippen LogP contribution in [0.1, 0.15) is 24.4 Å². The van der Waals surface area contributed by atoms with Crippen LogP contribution in [0.15, 0.2) is 12.1 Å². The Morgan fingerprint density at radius 2 is 2.10 bits per heavy atom. The van der Waals surface area contributed by atoms with Gasteiger partial charge in [-0.3, -0.25) is 0 Å². The highest BCUT2D eigenvalue weighted by Gasteiger charge is 2.22. The minimum Gasteiger partial charge on any atom is -0.398 e. The van der Waals surface area contributed by atoms with E-state index in [1.165, 1.54) is 6.07 Å². The molecule has 0 bridgehead atoms. The Morgan fingerprint density at radius 3 is 2.80 bits per heavy atom. The number of hydrogen-bond donors (Lipinski definition) is 1. The molecule has 2 heterocycles. The summed E-state index contributed by atoms with van der Waals surface area (Å²) in [7, 11) is 0. The number of anilines is 1. The molecular weight excluding hydrogens is 261 g/mol. The molecule has 0 radical (unpaired) electrons. The highest BCUT2D eigenvalue weighted by atomic mass is 19.1. The third kappa shape index (κ3) is 2.24. The van der Waals surface area contributed by atoms with E-state index in [-0.39, 0.29) is 11.9 Å². The van der Waals surface area contributed by atoms with Gasteiger partial charge in [-0.15, -0.1) is 5.10 Å². The number of rotatable bonds is 2. The maximum absolute atomic E-state index is 13.8. The van der Waals surface area contributed by atoms with Crippen LogP contribution in [0.2, 0.25) is 0 Å². The molecule has 3 rings (SSSR count). The summed E-state index contributed by atoms with van der Waals surface area (Å²) in [5.41, 5.74) is 7.26. The van der Waals surface area contributed by atoms with Crippen molar-refractivity contribution in [3.05, 3.63) is 23.5 Å². The van der Waals surface area contributed by atoms with Gasteiger partial charge in [0.2, 0.25) is 0 Å². The van der Waals surface area contributed by atoms with Gasteiger partial charge in [-0.05, 0) is 42.3 Å². The van der Waals surface area contributed by atoms with Gasteiger partial charge in [-0.25, -0.2) is 9.07 Å². The summed E-state index contributed by atoms with van der Waals surface area (Å²) in [6, 6.07) is 3.31. The van der Waals surface area contributed by atoms with Crippen molar-refractivity contribution in [2.75, 3.05) is 18.9 Å². The lowest BCUT2D eigenvalue weighted by Crippen LogP contribution is -2.21. The average molecular weight is 277 g/mol. The lowest BCUT2D eigenvalue weighted by molar-refractivity contribution is 0.0662. The van der Waals surface area contributed by atoms with Gasteiger partial charge in [-0.2, -0.15) is 0 Å². The molecule has 0 saturated carbocycles. The van der Waals surface area contributed by atoms with Crippen molar-refractivity contribution in [3.63, 3.8) is 0 Å². The van der Waals surface area contributed by atoms with Crippen LogP contribution in [0.5, 0.6) is 0 Å². The van der Waals surface area contributed by atoms with Crippen LogP contribution in [0.3, 0.4) is 0 Å². The van der Waals surface area contributed by atoms with Crippen molar-refractivity contribution in [1.82, 2.24) is 20.2 Å². The van der Waals surface area contributed by atoms with Crippen LogP contribution in [0.4, 0.5) is 10.1 Å². The standard InChI is InChI=1S/C13H16FN5O/c1-8-11(14)6-9(7-12(8)15)13-16-17-18-19(13)10-2-4-20-5-3-10/h6-7,10H,2-5,15H2,1H3. The molecule has 1 aliphatic heterocycles. The minimum absolute atomic E-state index is 0.180. The normalized spacial score (nSPS) is 16.5. The molecule has 2 N–H and O–H groups in total. The van der Waals surface area contributed by atoms with Crippen molar-refractivity contribution in [1.29, 1.82) is 0 Å². The predicted octanol–water partition coefficient (Wildman–Crippen LogP) is 1.72. The quantitative estimate of drug-likeness (QED) is 0.845. The molecule has 0 amide bonds. The molecule has 0 spiro atoms. The summed E-state index contributed by atoms with van der Waals surface area (Å²) in [4.78, 5) is 0. The zero-order valence-electron chi connectivity index (χ0n) is 11.2. The first-order chi connectivity index (χ1) is 9.66. The van der Waals surface area contributed by atoms with Crippen LogP contribution < -0.4 is 5.73 Å². The summed E-state index contributed by atoms with van der Waals surface area (Å²) in [5.74, 6) is 0.198. The third-order valence-corrected chi connectivity index (χ3v) is 3.67. The monoisotopic (exact) mass is 277 g/mol. The smallest absolute Gasteiger partial charge is 0.182 e. The van der Waals surface area contributed by atoms with Gasteiger partial charge in [0.15, 0.2) is 5.82 Å². The van der Waals surface area contributed by atoms with E-state index in [0.29, 0.717) is 35.9 Å². The summed E-state index contributed by atoms with van der Waals surface area (Å²) in [6.45, 7) is 3.03. The molecule has 106 valence electrons. The van der Waals surface area contributed by atoms with Crippen molar-refractivity contribution in [2.24, 2.45) is 0 Å². The van der Waals surface area contributed by atoms with Gasteiger partial charge in [-0.1, -0.05) is 0 Å². The Kier molecular flexibility index (Phi) is 3.35. The average Bonchev–Trinajstić information content (AvgIpc) is 2.94. The molecule has 0 atom stereocenters. The van der Waals surface area contributed by atoms with E-state index in [9.17, 15) is 4.39 Å². The molecule has 2 aromatic rings. The molecule has 1 aromatic heterocycles. The zero-order chi connectivity index (χ0) is 14.1. The maximum Gasteiger partial charge on any atom is 0.182 e. The van der Waals surface area contributed by atoms with Crippen LogP contribution in [-0.2, 0) is 4.74 Å². The molecule has 1 fully saturated rings. The van der Waals surface area contributed by atoms with E-state index in [1.807, 2.05) is 0 Å². The van der Waals surface area contributed by atoms with Gasteiger partial charge in [0, 0.05) is 30.0 Å². The minimum atomic E-state index is -0.346. The van der Waals surface area contributed by atoms with Crippen LogP contribution in [-0.4, -0.2) is 33.4 Å². The van der Waals surface area contributed by atoms with E-state index >= 15 is 0 Å². The molecule has 1 aromatic carbocycles. The summed E-state index contributed by atoms with van der Waals surface area (Å²) in [5, 5.41) is 11.8. The number of halogens is 1. The third-order valence-electron chi connectivity index (χ3n) is 3.67. The van der Waals surface area contributed by atoms with E-state index < -0.39 is 0 Å². The van der Waals surface area contributed by atoms with Crippen LogP contribution in [0, 0.1) is 12.7 Å². The van der Waals surface area contributed by atoms with Crippen molar-refractivity contribution < 1.29 is 9.13 Å². The molecule has 1 saturated heterocycles. The Bertz CT molecular complexity index is 598. The highest BCUT2D eigenvalue weighted by molar-refractivity contribution is 5.64. The Labute approximate surface area is 115 Å². The number of benzene rings is 1. The molecular formula is C13H16FN5O. The molecule has 7 heteroatoms.